The summed E-state index contributed by atoms with van der Waals surface area (Å²) in [6.07, 6.45) is 6.18. The van der Waals surface area contributed by atoms with Gasteiger partial charge in [-0.1, -0.05) is 5.21 Å². The van der Waals surface area contributed by atoms with E-state index in [-0.39, 0.29) is 5.91 Å². The Labute approximate surface area is 116 Å². The molecule has 3 heterocycles. The van der Waals surface area contributed by atoms with Gasteiger partial charge in [0, 0.05) is 38.6 Å². The zero-order valence-corrected chi connectivity index (χ0v) is 11.1. The van der Waals surface area contributed by atoms with Gasteiger partial charge in [0.2, 0.25) is 0 Å². The van der Waals surface area contributed by atoms with Crippen molar-refractivity contribution in [2.75, 3.05) is 19.6 Å². The molecule has 20 heavy (non-hydrogen) atoms. The summed E-state index contributed by atoms with van der Waals surface area (Å²) in [6.45, 7) is 3.15. The van der Waals surface area contributed by atoms with E-state index in [1.54, 1.807) is 17.1 Å². The van der Waals surface area contributed by atoms with Gasteiger partial charge in [-0.2, -0.15) is 5.10 Å². The molecule has 2 aromatic rings. The zero-order valence-electron chi connectivity index (χ0n) is 11.1. The summed E-state index contributed by atoms with van der Waals surface area (Å²) in [4.78, 5) is 11.9. The van der Waals surface area contributed by atoms with Crippen molar-refractivity contribution in [2.45, 2.75) is 19.0 Å². The van der Waals surface area contributed by atoms with Gasteiger partial charge in [-0.15, -0.1) is 5.10 Å². The second-order valence-electron chi connectivity index (χ2n) is 4.77. The minimum atomic E-state index is -0.177. The molecule has 106 valence electrons. The van der Waals surface area contributed by atoms with E-state index >= 15 is 0 Å². The van der Waals surface area contributed by atoms with Crippen LogP contribution in [-0.2, 0) is 6.54 Å². The van der Waals surface area contributed by atoms with Gasteiger partial charge in [-0.3, -0.25) is 9.48 Å². The van der Waals surface area contributed by atoms with Crippen LogP contribution in [0.5, 0.6) is 0 Å². The Hall–Kier alpha value is -2.22. The number of carbonyl (C=O) groups excluding carboxylic acids is 1. The standard InChI is InChI=1S/C12H17N7O/c20-12(14-3-1-5-18-6-2-4-15-18)11-9-19(17-16-11)10-7-13-8-10/h2,4,6,9-10,13H,1,3,5,7-8H2,(H,14,20). The van der Waals surface area contributed by atoms with E-state index in [1.807, 2.05) is 16.9 Å². The number of nitrogens with one attached hydrogen (secondary N) is 2. The van der Waals surface area contributed by atoms with Crippen LogP contribution in [0.4, 0.5) is 0 Å². The zero-order chi connectivity index (χ0) is 13.8. The molecule has 0 aromatic carbocycles. The molecule has 0 unspecified atom stereocenters. The maximum absolute atomic E-state index is 11.9. The fourth-order valence-corrected chi connectivity index (χ4v) is 1.99. The molecule has 2 aromatic heterocycles. The van der Waals surface area contributed by atoms with Crippen molar-refractivity contribution < 1.29 is 4.79 Å². The minimum absolute atomic E-state index is 0.177. The Balaban J connectivity index is 1.43. The molecule has 0 radical (unpaired) electrons. The summed E-state index contributed by atoms with van der Waals surface area (Å²) >= 11 is 0. The number of aromatic nitrogens is 5. The van der Waals surface area contributed by atoms with E-state index in [0.29, 0.717) is 18.3 Å². The molecular formula is C12H17N7O. The quantitative estimate of drug-likeness (QED) is 0.690. The van der Waals surface area contributed by atoms with Crippen molar-refractivity contribution in [3.05, 3.63) is 30.4 Å². The molecule has 8 nitrogen and oxygen atoms in total. The van der Waals surface area contributed by atoms with Crippen LogP contribution in [0.1, 0.15) is 23.0 Å². The lowest BCUT2D eigenvalue weighted by Gasteiger charge is -2.26. The number of amides is 1. The van der Waals surface area contributed by atoms with Gasteiger partial charge >= 0.3 is 0 Å². The van der Waals surface area contributed by atoms with Crippen molar-refractivity contribution >= 4 is 5.91 Å². The van der Waals surface area contributed by atoms with Crippen LogP contribution in [0.15, 0.2) is 24.7 Å². The van der Waals surface area contributed by atoms with Crippen LogP contribution in [0.25, 0.3) is 0 Å². The lowest BCUT2D eigenvalue weighted by molar-refractivity contribution is 0.0947. The molecule has 1 fully saturated rings. The first kappa shape index (κ1) is 12.8. The molecule has 0 atom stereocenters. The van der Waals surface area contributed by atoms with E-state index in [9.17, 15) is 4.79 Å². The topological polar surface area (TPSA) is 89.7 Å². The molecule has 0 bridgehead atoms. The van der Waals surface area contributed by atoms with Crippen LogP contribution in [0.2, 0.25) is 0 Å². The first-order valence-electron chi connectivity index (χ1n) is 6.71. The largest absolute Gasteiger partial charge is 0.351 e. The van der Waals surface area contributed by atoms with Crippen molar-refractivity contribution in [3.63, 3.8) is 0 Å². The van der Waals surface area contributed by atoms with Gasteiger partial charge in [0.1, 0.15) is 0 Å². The lowest BCUT2D eigenvalue weighted by Crippen LogP contribution is -2.43. The van der Waals surface area contributed by atoms with E-state index < -0.39 is 0 Å². The van der Waals surface area contributed by atoms with Gasteiger partial charge in [-0.25, -0.2) is 4.68 Å². The summed E-state index contributed by atoms with van der Waals surface area (Å²) in [5, 5.41) is 18.0. The van der Waals surface area contributed by atoms with Crippen LogP contribution < -0.4 is 10.6 Å². The third-order valence-electron chi connectivity index (χ3n) is 3.29. The number of nitrogens with zero attached hydrogens (tertiary/aromatic N) is 5. The smallest absolute Gasteiger partial charge is 0.273 e. The normalized spacial score (nSPS) is 15.0. The number of carbonyl (C=O) groups is 1. The number of hydrogen-bond acceptors (Lipinski definition) is 5. The Bertz CT molecular complexity index is 558. The Morgan fingerprint density at radius 3 is 3.10 bits per heavy atom. The minimum Gasteiger partial charge on any atom is -0.351 e. The summed E-state index contributed by atoms with van der Waals surface area (Å²) in [5.41, 5.74) is 0.371. The average molecular weight is 275 g/mol. The number of rotatable bonds is 6. The molecule has 0 aliphatic carbocycles. The predicted octanol–water partition coefficient (Wildman–Crippen LogP) is -0.561. The van der Waals surface area contributed by atoms with Crippen molar-refractivity contribution in [1.82, 2.24) is 35.4 Å². The highest BCUT2D eigenvalue weighted by molar-refractivity contribution is 5.91. The maximum Gasteiger partial charge on any atom is 0.273 e. The molecule has 1 aliphatic heterocycles. The average Bonchev–Trinajstić information content (AvgIpc) is 3.03. The highest BCUT2D eigenvalue weighted by atomic mass is 16.2. The van der Waals surface area contributed by atoms with Crippen molar-refractivity contribution in [2.24, 2.45) is 0 Å². The summed E-state index contributed by atoms with van der Waals surface area (Å²) < 4.78 is 3.58. The molecular weight excluding hydrogens is 258 g/mol. The fraction of sp³-hybridized carbons (Fsp3) is 0.500. The van der Waals surface area contributed by atoms with E-state index in [0.717, 1.165) is 26.1 Å². The first-order valence-corrected chi connectivity index (χ1v) is 6.71. The van der Waals surface area contributed by atoms with Gasteiger partial charge in [0.15, 0.2) is 5.69 Å². The molecule has 1 aliphatic rings. The van der Waals surface area contributed by atoms with E-state index in [2.05, 4.69) is 26.0 Å². The molecule has 3 rings (SSSR count). The van der Waals surface area contributed by atoms with Gasteiger partial charge in [0.05, 0.1) is 12.2 Å². The second-order valence-corrected chi connectivity index (χ2v) is 4.77. The SMILES string of the molecule is O=C(NCCCn1cccn1)c1cn(C2CNC2)nn1. The van der Waals surface area contributed by atoms with Crippen molar-refractivity contribution in [1.29, 1.82) is 0 Å². The van der Waals surface area contributed by atoms with Crippen LogP contribution in [0.3, 0.4) is 0 Å². The fourth-order valence-electron chi connectivity index (χ4n) is 1.99. The first-order chi connectivity index (χ1) is 9.83. The van der Waals surface area contributed by atoms with Gasteiger partial charge < -0.3 is 10.6 Å². The van der Waals surface area contributed by atoms with Gasteiger partial charge in [0.25, 0.3) is 5.91 Å². The Kier molecular flexibility index (Phi) is 3.73. The lowest BCUT2D eigenvalue weighted by atomic mass is 10.2. The van der Waals surface area contributed by atoms with Crippen LogP contribution in [0, 0.1) is 0 Å². The summed E-state index contributed by atoms with van der Waals surface area (Å²) in [6, 6.07) is 2.20. The molecule has 2 N–H and O–H groups in total. The Morgan fingerprint density at radius 1 is 1.50 bits per heavy atom. The molecule has 1 saturated heterocycles. The van der Waals surface area contributed by atoms with E-state index in [4.69, 9.17) is 0 Å². The third-order valence-corrected chi connectivity index (χ3v) is 3.29. The summed E-state index contributed by atoms with van der Waals surface area (Å²) in [7, 11) is 0. The molecule has 1 amide bonds. The highest BCUT2D eigenvalue weighted by Gasteiger charge is 2.21. The number of hydrogen-bond donors (Lipinski definition) is 2. The number of aryl methyl sites for hydroxylation is 1. The Morgan fingerprint density at radius 2 is 2.40 bits per heavy atom. The van der Waals surface area contributed by atoms with Crippen LogP contribution in [-0.4, -0.2) is 50.3 Å². The molecule has 0 spiro atoms. The summed E-state index contributed by atoms with van der Waals surface area (Å²) in [5.74, 6) is -0.177. The monoisotopic (exact) mass is 275 g/mol. The molecule has 0 saturated carbocycles. The van der Waals surface area contributed by atoms with E-state index in [1.165, 1.54) is 0 Å². The molecule has 8 heteroatoms. The van der Waals surface area contributed by atoms with Crippen LogP contribution >= 0.6 is 0 Å². The second kappa shape index (κ2) is 5.83. The van der Waals surface area contributed by atoms with Crippen molar-refractivity contribution in [3.8, 4) is 0 Å². The van der Waals surface area contributed by atoms with Gasteiger partial charge in [-0.05, 0) is 12.5 Å². The maximum atomic E-state index is 11.9. The highest BCUT2D eigenvalue weighted by Crippen LogP contribution is 2.09. The predicted molar refractivity (Wildman–Crippen MR) is 71.1 cm³/mol. The third kappa shape index (κ3) is 2.85.